The van der Waals surface area contributed by atoms with Crippen molar-refractivity contribution >= 4 is 61.0 Å². The van der Waals surface area contributed by atoms with Gasteiger partial charge < -0.3 is 14.2 Å². The fourth-order valence-corrected chi connectivity index (χ4v) is 5.36. The van der Waals surface area contributed by atoms with Crippen molar-refractivity contribution < 1.29 is 9.68 Å². The summed E-state index contributed by atoms with van der Waals surface area (Å²) in [6.45, 7) is 0. The average molecular weight is 393 g/mol. The number of hydrogen-bond acceptors (Lipinski definition) is 3. The lowest BCUT2D eigenvalue weighted by Crippen LogP contribution is -1.99. The number of para-hydroxylation sites is 1. The monoisotopic (exact) mass is 393 g/mol. The molecular weight excluding hydrogens is 377 g/mol. The maximum absolute atomic E-state index is 9.18. The van der Waals surface area contributed by atoms with E-state index < -0.39 is 0 Å². The number of nitrogens with zero attached hydrogens (tertiary/aromatic N) is 1. The van der Waals surface area contributed by atoms with Crippen LogP contribution in [0.15, 0.2) is 84.9 Å². The summed E-state index contributed by atoms with van der Waals surface area (Å²) >= 11 is 1.82. The van der Waals surface area contributed by atoms with Gasteiger partial charge in [-0.3, -0.25) is 0 Å². The second-order valence-electron chi connectivity index (χ2n) is 7.09. The van der Waals surface area contributed by atoms with Crippen LogP contribution in [0.4, 0.5) is 0 Å². The minimum Gasteiger partial charge on any atom is -0.539 e. The molecule has 0 atom stereocenters. The van der Waals surface area contributed by atoms with Crippen molar-refractivity contribution in [1.82, 2.24) is 4.57 Å². The summed E-state index contributed by atoms with van der Waals surface area (Å²) in [6, 6.07) is 29.6. The van der Waals surface area contributed by atoms with Crippen LogP contribution in [-0.2, 0) is 0 Å². The second-order valence-corrected chi connectivity index (χ2v) is 8.17. The first-order valence-electron chi connectivity index (χ1n) is 9.52. The van der Waals surface area contributed by atoms with Crippen LogP contribution < -0.4 is 4.65 Å². The summed E-state index contributed by atoms with van der Waals surface area (Å²) in [5.74, 6) is 0.670. The fraction of sp³-hybridized carbons (Fsp3) is 0. The van der Waals surface area contributed by atoms with Crippen LogP contribution in [0, 0.1) is 0 Å². The first-order valence-corrected chi connectivity index (χ1v) is 10.3. The molecule has 0 fully saturated rings. The molecule has 0 unspecified atom stereocenters. The Bertz CT molecular complexity index is 1520. The minimum atomic E-state index is -0.330. The summed E-state index contributed by atoms with van der Waals surface area (Å²) in [5.41, 5.74) is 3.42. The van der Waals surface area contributed by atoms with Crippen molar-refractivity contribution in [2.24, 2.45) is 0 Å². The lowest BCUT2D eigenvalue weighted by molar-refractivity contribution is 0.454. The van der Waals surface area contributed by atoms with E-state index in [-0.39, 0.29) is 7.69 Å². The van der Waals surface area contributed by atoms with Crippen molar-refractivity contribution in [2.75, 3.05) is 0 Å². The van der Waals surface area contributed by atoms with E-state index in [1.165, 1.54) is 31.1 Å². The first kappa shape index (κ1) is 16.7. The first-order chi connectivity index (χ1) is 14.3. The molecule has 1 N–H and O–H groups in total. The van der Waals surface area contributed by atoms with E-state index >= 15 is 0 Å². The topological polar surface area (TPSA) is 34.4 Å². The highest BCUT2D eigenvalue weighted by Crippen LogP contribution is 2.41. The fourth-order valence-electron chi connectivity index (χ4n) is 4.24. The Balaban J connectivity index is 1.79. The molecule has 0 spiro atoms. The van der Waals surface area contributed by atoms with Crippen molar-refractivity contribution in [3.63, 3.8) is 0 Å². The van der Waals surface area contributed by atoms with Gasteiger partial charge in [-0.15, -0.1) is 11.3 Å². The van der Waals surface area contributed by atoms with Gasteiger partial charge in [0.25, 0.3) is 0 Å². The Morgan fingerprint density at radius 3 is 2.34 bits per heavy atom. The highest BCUT2D eigenvalue weighted by Gasteiger charge is 2.16. The third kappa shape index (κ3) is 2.48. The highest BCUT2D eigenvalue weighted by molar-refractivity contribution is 7.25. The van der Waals surface area contributed by atoms with Gasteiger partial charge >= 0.3 is 7.69 Å². The molecule has 6 rings (SSSR count). The zero-order valence-corrected chi connectivity index (χ0v) is 16.3. The van der Waals surface area contributed by atoms with Crippen molar-refractivity contribution in [1.29, 1.82) is 0 Å². The molecule has 0 aliphatic carbocycles. The summed E-state index contributed by atoms with van der Waals surface area (Å²) in [6.07, 6.45) is 0. The van der Waals surface area contributed by atoms with Crippen LogP contribution in [0.1, 0.15) is 0 Å². The summed E-state index contributed by atoms with van der Waals surface area (Å²) in [5, 5.41) is 14.1. The lowest BCUT2D eigenvalue weighted by Gasteiger charge is -2.08. The number of aromatic nitrogens is 1. The average Bonchev–Trinajstić information content (AvgIpc) is 3.28. The third-order valence-corrected chi connectivity index (χ3v) is 6.61. The molecule has 29 heavy (non-hydrogen) atoms. The van der Waals surface area contributed by atoms with Gasteiger partial charge in [-0.2, -0.15) is 0 Å². The zero-order valence-electron chi connectivity index (χ0n) is 15.5. The second kappa shape index (κ2) is 6.37. The zero-order chi connectivity index (χ0) is 19.4. The van der Waals surface area contributed by atoms with Crippen molar-refractivity contribution in [3.05, 3.63) is 84.9 Å². The van der Waals surface area contributed by atoms with E-state index in [0.29, 0.717) is 5.75 Å². The maximum atomic E-state index is 9.18. The lowest BCUT2D eigenvalue weighted by atomic mass is 10.1. The molecule has 0 aliphatic rings. The van der Waals surface area contributed by atoms with Crippen LogP contribution in [0.2, 0.25) is 0 Å². The molecule has 0 aliphatic heterocycles. The molecule has 0 saturated carbocycles. The van der Waals surface area contributed by atoms with E-state index in [2.05, 4.69) is 71.3 Å². The molecular formula is C24H16BNO2S. The molecule has 4 aromatic carbocycles. The Hall–Kier alpha value is -3.28. The van der Waals surface area contributed by atoms with Gasteiger partial charge in [0.15, 0.2) is 0 Å². The molecule has 0 saturated heterocycles. The predicted molar refractivity (Wildman–Crippen MR) is 124 cm³/mol. The largest absolute Gasteiger partial charge is 0.539 e. The Morgan fingerprint density at radius 2 is 1.48 bits per heavy atom. The van der Waals surface area contributed by atoms with Gasteiger partial charge in [0.05, 0.1) is 11.0 Å². The SMILES string of the molecule is OBOc1ccc2c(c1)c1cc3sc4ccccc4c3cc1n2-c1ccccc1. The molecule has 0 bridgehead atoms. The number of thiophene rings is 1. The van der Waals surface area contributed by atoms with Gasteiger partial charge in [-0.25, -0.2) is 0 Å². The third-order valence-electron chi connectivity index (χ3n) is 5.48. The molecule has 2 aromatic heterocycles. The predicted octanol–water partition coefficient (Wildman–Crippen LogP) is 5.79. The van der Waals surface area contributed by atoms with Crippen LogP contribution in [0.25, 0.3) is 47.7 Å². The van der Waals surface area contributed by atoms with Gasteiger partial charge in [0.1, 0.15) is 5.75 Å². The van der Waals surface area contributed by atoms with E-state index in [1.807, 2.05) is 29.5 Å². The van der Waals surface area contributed by atoms with E-state index in [4.69, 9.17) is 4.65 Å². The van der Waals surface area contributed by atoms with Gasteiger partial charge in [0.2, 0.25) is 0 Å². The van der Waals surface area contributed by atoms with Gasteiger partial charge in [-0.1, -0.05) is 36.4 Å². The van der Waals surface area contributed by atoms with Crippen LogP contribution in [0.3, 0.4) is 0 Å². The molecule has 6 aromatic rings. The highest BCUT2D eigenvalue weighted by atomic mass is 32.1. The Labute approximate surface area is 171 Å². The van der Waals surface area contributed by atoms with Gasteiger partial charge in [0, 0.05) is 36.6 Å². The van der Waals surface area contributed by atoms with Crippen LogP contribution in [-0.4, -0.2) is 17.3 Å². The van der Waals surface area contributed by atoms with Crippen molar-refractivity contribution in [2.45, 2.75) is 0 Å². The van der Waals surface area contributed by atoms with E-state index in [9.17, 15) is 5.02 Å². The summed E-state index contributed by atoms with van der Waals surface area (Å²) in [4.78, 5) is 0. The molecule has 0 amide bonds. The summed E-state index contributed by atoms with van der Waals surface area (Å²) in [7, 11) is -0.330. The maximum Gasteiger partial charge on any atom is 0.504 e. The smallest absolute Gasteiger partial charge is 0.504 e. The van der Waals surface area contributed by atoms with E-state index in [0.717, 1.165) is 16.6 Å². The Kier molecular flexibility index (Phi) is 3.66. The molecule has 3 nitrogen and oxygen atoms in total. The number of rotatable bonds is 3. The molecule has 0 radical (unpaired) electrons. The number of benzene rings is 4. The molecule has 5 heteroatoms. The van der Waals surface area contributed by atoms with E-state index in [1.54, 1.807) is 0 Å². The number of hydrogen-bond donors (Lipinski definition) is 1. The number of fused-ring (bicyclic) bond motifs is 6. The van der Waals surface area contributed by atoms with Crippen LogP contribution in [0.5, 0.6) is 5.75 Å². The molecule has 2 heterocycles. The standard InChI is InChI=1S/C24H16BNO2S/c27-25-28-16-10-11-21-18(12-16)19-14-24-20(17-8-4-5-9-23(17)29-24)13-22(19)26(21)15-6-2-1-3-7-15/h1-14,25,27H. The molecule has 138 valence electrons. The van der Waals surface area contributed by atoms with Gasteiger partial charge in [-0.05, 0) is 48.5 Å². The minimum absolute atomic E-state index is 0.330. The van der Waals surface area contributed by atoms with Crippen LogP contribution >= 0.6 is 11.3 Å². The summed E-state index contributed by atoms with van der Waals surface area (Å²) < 4.78 is 10.2. The van der Waals surface area contributed by atoms with Crippen molar-refractivity contribution in [3.8, 4) is 11.4 Å². The Morgan fingerprint density at radius 1 is 0.690 bits per heavy atom. The quantitative estimate of drug-likeness (QED) is 0.386. The normalized spacial score (nSPS) is 11.6.